The van der Waals surface area contributed by atoms with Gasteiger partial charge in [0.2, 0.25) is 0 Å². The van der Waals surface area contributed by atoms with Crippen LogP contribution in [0.1, 0.15) is 43.7 Å². The SMILES string of the molecule is Nc1c(C2CCCCC2)nc2ccc(F)cn12. The maximum atomic E-state index is 13.2. The van der Waals surface area contributed by atoms with E-state index in [1.807, 2.05) is 0 Å². The Kier molecular flexibility index (Phi) is 2.50. The quantitative estimate of drug-likeness (QED) is 0.822. The highest BCUT2D eigenvalue weighted by molar-refractivity contribution is 5.53. The third-order valence-corrected chi connectivity index (χ3v) is 3.64. The average molecular weight is 233 g/mol. The van der Waals surface area contributed by atoms with Crippen molar-refractivity contribution in [3.05, 3.63) is 29.8 Å². The number of halogens is 1. The molecule has 2 aromatic heterocycles. The minimum atomic E-state index is -0.281. The zero-order valence-electron chi connectivity index (χ0n) is 9.69. The normalized spacial score (nSPS) is 17.7. The number of nitrogens with zero attached hydrogens (tertiary/aromatic N) is 2. The van der Waals surface area contributed by atoms with Gasteiger partial charge in [-0.25, -0.2) is 9.37 Å². The molecule has 4 heteroatoms. The average Bonchev–Trinajstić information content (AvgIpc) is 2.68. The number of aromatic nitrogens is 2. The minimum absolute atomic E-state index is 0.281. The van der Waals surface area contributed by atoms with Crippen LogP contribution >= 0.6 is 0 Å². The molecule has 1 aliphatic carbocycles. The van der Waals surface area contributed by atoms with Crippen LogP contribution in [-0.4, -0.2) is 9.38 Å². The van der Waals surface area contributed by atoms with Crippen molar-refractivity contribution in [3.8, 4) is 0 Å². The molecule has 0 aromatic carbocycles. The number of rotatable bonds is 1. The highest BCUT2D eigenvalue weighted by atomic mass is 19.1. The van der Waals surface area contributed by atoms with Crippen molar-refractivity contribution in [1.82, 2.24) is 9.38 Å². The predicted molar refractivity (Wildman–Crippen MR) is 65.4 cm³/mol. The number of hydrogen-bond acceptors (Lipinski definition) is 2. The Balaban J connectivity index is 2.07. The van der Waals surface area contributed by atoms with Crippen LogP contribution in [0.4, 0.5) is 10.2 Å². The van der Waals surface area contributed by atoms with Gasteiger partial charge in [0.15, 0.2) is 0 Å². The molecule has 17 heavy (non-hydrogen) atoms. The largest absolute Gasteiger partial charge is 0.383 e. The van der Waals surface area contributed by atoms with E-state index in [1.165, 1.54) is 31.5 Å². The van der Waals surface area contributed by atoms with Crippen molar-refractivity contribution in [1.29, 1.82) is 0 Å². The molecule has 0 aliphatic heterocycles. The molecule has 1 aliphatic rings. The van der Waals surface area contributed by atoms with Gasteiger partial charge in [0.1, 0.15) is 17.3 Å². The van der Waals surface area contributed by atoms with E-state index in [1.54, 1.807) is 10.5 Å². The highest BCUT2D eigenvalue weighted by Gasteiger charge is 2.21. The smallest absolute Gasteiger partial charge is 0.140 e. The number of anilines is 1. The lowest BCUT2D eigenvalue weighted by Crippen LogP contribution is -2.07. The van der Waals surface area contributed by atoms with Crippen molar-refractivity contribution in [2.75, 3.05) is 5.73 Å². The zero-order chi connectivity index (χ0) is 11.8. The zero-order valence-corrected chi connectivity index (χ0v) is 9.69. The molecule has 90 valence electrons. The first-order chi connectivity index (χ1) is 8.25. The predicted octanol–water partition coefficient (Wildman–Crippen LogP) is 3.10. The first kappa shape index (κ1) is 10.6. The molecule has 3 rings (SSSR count). The van der Waals surface area contributed by atoms with E-state index in [-0.39, 0.29) is 5.82 Å². The summed E-state index contributed by atoms with van der Waals surface area (Å²) in [6, 6.07) is 3.10. The standard InChI is InChI=1S/C13H16FN3/c14-10-6-7-11-16-12(13(15)17(11)8-10)9-4-2-1-3-5-9/h6-9H,1-5,15H2. The van der Waals surface area contributed by atoms with Gasteiger partial charge < -0.3 is 5.73 Å². The van der Waals surface area contributed by atoms with Crippen LogP contribution < -0.4 is 5.73 Å². The topological polar surface area (TPSA) is 43.3 Å². The molecule has 3 nitrogen and oxygen atoms in total. The molecule has 2 N–H and O–H groups in total. The van der Waals surface area contributed by atoms with Gasteiger partial charge in [-0.1, -0.05) is 19.3 Å². The number of fused-ring (bicyclic) bond motifs is 1. The maximum absolute atomic E-state index is 13.2. The lowest BCUT2D eigenvalue weighted by Gasteiger charge is -2.20. The third-order valence-electron chi connectivity index (χ3n) is 3.64. The van der Waals surface area contributed by atoms with E-state index in [0.717, 1.165) is 24.2 Å². The van der Waals surface area contributed by atoms with Gasteiger partial charge in [0.05, 0.1) is 5.69 Å². The number of nitrogens with two attached hydrogens (primary N) is 1. The number of nitrogen functional groups attached to an aromatic ring is 1. The van der Waals surface area contributed by atoms with Crippen molar-refractivity contribution in [3.63, 3.8) is 0 Å². The second-order valence-electron chi connectivity index (χ2n) is 4.79. The van der Waals surface area contributed by atoms with Crippen molar-refractivity contribution in [2.24, 2.45) is 0 Å². The van der Waals surface area contributed by atoms with E-state index in [2.05, 4.69) is 4.98 Å². The van der Waals surface area contributed by atoms with Crippen LogP contribution in [0, 0.1) is 5.82 Å². The lowest BCUT2D eigenvalue weighted by molar-refractivity contribution is 0.439. The molecule has 0 radical (unpaired) electrons. The fourth-order valence-corrected chi connectivity index (χ4v) is 2.73. The first-order valence-corrected chi connectivity index (χ1v) is 6.18. The van der Waals surface area contributed by atoms with Crippen molar-refractivity contribution >= 4 is 11.5 Å². The Morgan fingerprint density at radius 3 is 2.76 bits per heavy atom. The molecule has 0 unspecified atom stereocenters. The molecular weight excluding hydrogens is 217 g/mol. The minimum Gasteiger partial charge on any atom is -0.383 e. The Morgan fingerprint density at radius 1 is 1.24 bits per heavy atom. The second kappa shape index (κ2) is 4.02. The second-order valence-corrected chi connectivity index (χ2v) is 4.79. The number of hydrogen-bond donors (Lipinski definition) is 1. The van der Waals surface area contributed by atoms with Gasteiger partial charge in [-0.2, -0.15) is 0 Å². The summed E-state index contributed by atoms with van der Waals surface area (Å²) in [7, 11) is 0. The van der Waals surface area contributed by atoms with Gasteiger partial charge in [-0.15, -0.1) is 0 Å². The monoisotopic (exact) mass is 233 g/mol. The maximum Gasteiger partial charge on any atom is 0.140 e. The summed E-state index contributed by atoms with van der Waals surface area (Å²) in [5.41, 5.74) is 7.77. The van der Waals surface area contributed by atoms with Crippen LogP contribution in [0.15, 0.2) is 18.3 Å². The van der Waals surface area contributed by atoms with Crippen LogP contribution in [0.3, 0.4) is 0 Å². The van der Waals surface area contributed by atoms with Gasteiger partial charge in [-0.05, 0) is 25.0 Å². The molecule has 0 atom stereocenters. The molecule has 0 amide bonds. The van der Waals surface area contributed by atoms with Crippen LogP contribution in [-0.2, 0) is 0 Å². The number of imidazole rings is 1. The third kappa shape index (κ3) is 1.77. The van der Waals surface area contributed by atoms with Crippen molar-refractivity contribution in [2.45, 2.75) is 38.0 Å². The Labute approximate surface area is 99.5 Å². The first-order valence-electron chi connectivity index (χ1n) is 6.18. The number of pyridine rings is 1. The summed E-state index contributed by atoms with van der Waals surface area (Å²) >= 11 is 0. The van der Waals surface area contributed by atoms with E-state index >= 15 is 0 Å². The van der Waals surface area contributed by atoms with Crippen LogP contribution in [0.5, 0.6) is 0 Å². The van der Waals surface area contributed by atoms with E-state index < -0.39 is 0 Å². The van der Waals surface area contributed by atoms with Gasteiger partial charge in [-0.3, -0.25) is 4.40 Å². The molecule has 0 bridgehead atoms. The molecule has 0 spiro atoms. The molecule has 0 saturated heterocycles. The Hall–Kier alpha value is -1.58. The molecule has 1 saturated carbocycles. The summed E-state index contributed by atoms with van der Waals surface area (Å²) in [6.07, 6.45) is 7.49. The highest BCUT2D eigenvalue weighted by Crippen LogP contribution is 2.35. The summed E-state index contributed by atoms with van der Waals surface area (Å²) in [5.74, 6) is 0.773. The van der Waals surface area contributed by atoms with E-state index in [0.29, 0.717) is 11.7 Å². The van der Waals surface area contributed by atoms with Gasteiger partial charge >= 0.3 is 0 Å². The molecule has 2 aromatic rings. The summed E-state index contributed by atoms with van der Waals surface area (Å²) in [4.78, 5) is 4.55. The fourth-order valence-electron chi connectivity index (χ4n) is 2.73. The van der Waals surface area contributed by atoms with Crippen LogP contribution in [0.2, 0.25) is 0 Å². The summed E-state index contributed by atoms with van der Waals surface area (Å²) in [5, 5.41) is 0. The van der Waals surface area contributed by atoms with Gasteiger partial charge in [0, 0.05) is 12.1 Å². The molecule has 1 fully saturated rings. The molecular formula is C13H16FN3. The van der Waals surface area contributed by atoms with E-state index in [9.17, 15) is 4.39 Å². The summed E-state index contributed by atoms with van der Waals surface area (Å²) in [6.45, 7) is 0. The van der Waals surface area contributed by atoms with Gasteiger partial charge in [0.25, 0.3) is 0 Å². The van der Waals surface area contributed by atoms with Crippen molar-refractivity contribution < 1.29 is 4.39 Å². The van der Waals surface area contributed by atoms with E-state index in [4.69, 9.17) is 5.73 Å². The van der Waals surface area contributed by atoms with Crippen LogP contribution in [0.25, 0.3) is 5.65 Å². The Morgan fingerprint density at radius 2 is 2.00 bits per heavy atom. The molecule has 2 heterocycles. The summed E-state index contributed by atoms with van der Waals surface area (Å²) < 4.78 is 14.8. The lowest BCUT2D eigenvalue weighted by atomic mass is 9.87. The fraction of sp³-hybridized carbons (Fsp3) is 0.462. The Bertz CT molecular complexity index is 541.